The summed E-state index contributed by atoms with van der Waals surface area (Å²) in [5, 5.41) is 3.07. The molecule has 1 aliphatic rings. The summed E-state index contributed by atoms with van der Waals surface area (Å²) >= 11 is 0. The molecule has 1 N–H and O–H groups in total. The van der Waals surface area contributed by atoms with E-state index in [0.717, 1.165) is 37.2 Å². The smallest absolute Gasteiger partial charge is 0.248 e. The van der Waals surface area contributed by atoms with Crippen LogP contribution in [-0.2, 0) is 35.5 Å². The number of halogens is 1. The van der Waals surface area contributed by atoms with E-state index in [1.807, 2.05) is 65.6 Å². The molecule has 5 nitrogen and oxygen atoms in total. The predicted molar refractivity (Wildman–Crippen MR) is 174 cm³/mol. The standard InChI is InChI=1S/C38H40FN3O2/c1-2-29-13-15-32(16-14-29)27-40-37(43)35(25-31-17-19-34(39)20-18-31)36(26-30-9-5-3-6-10-30)38(44)42-23-21-41(22-24-42)28-33-11-7-4-8-12-33/h3-20,25,36H,2,21-24,26-28H2,1H3,(H,40,43)/t36-/m0/s1. The maximum atomic E-state index is 14.3. The summed E-state index contributed by atoms with van der Waals surface area (Å²) in [5.41, 5.74) is 5.48. The molecule has 0 saturated carbocycles. The van der Waals surface area contributed by atoms with Gasteiger partial charge in [-0.1, -0.05) is 104 Å². The first-order chi connectivity index (χ1) is 21.5. The van der Waals surface area contributed by atoms with Crippen molar-refractivity contribution >= 4 is 17.9 Å². The lowest BCUT2D eigenvalue weighted by molar-refractivity contribution is -0.137. The molecule has 2 amide bonds. The fraction of sp³-hybridized carbons (Fsp3) is 0.263. The number of hydrogen-bond acceptors (Lipinski definition) is 3. The van der Waals surface area contributed by atoms with Crippen LogP contribution < -0.4 is 5.32 Å². The van der Waals surface area contributed by atoms with E-state index in [1.54, 1.807) is 18.2 Å². The van der Waals surface area contributed by atoms with Crippen molar-refractivity contribution in [1.29, 1.82) is 0 Å². The molecule has 1 heterocycles. The van der Waals surface area contributed by atoms with Gasteiger partial charge in [-0.3, -0.25) is 14.5 Å². The van der Waals surface area contributed by atoms with Crippen molar-refractivity contribution in [1.82, 2.24) is 15.1 Å². The van der Waals surface area contributed by atoms with Crippen LogP contribution in [0.5, 0.6) is 0 Å². The van der Waals surface area contributed by atoms with E-state index in [2.05, 4.69) is 41.4 Å². The van der Waals surface area contributed by atoms with Crippen LogP contribution in [0, 0.1) is 11.7 Å². The molecule has 1 saturated heterocycles. The van der Waals surface area contributed by atoms with Gasteiger partial charge >= 0.3 is 0 Å². The Morgan fingerprint density at radius 2 is 1.34 bits per heavy atom. The van der Waals surface area contributed by atoms with Gasteiger partial charge in [0.2, 0.25) is 11.8 Å². The van der Waals surface area contributed by atoms with Crippen LogP contribution in [0.25, 0.3) is 6.08 Å². The fourth-order valence-corrected chi connectivity index (χ4v) is 5.61. The van der Waals surface area contributed by atoms with Crippen LogP contribution in [-0.4, -0.2) is 47.8 Å². The molecule has 6 heteroatoms. The Hall–Kier alpha value is -4.55. The molecule has 5 rings (SSSR count). The molecule has 1 fully saturated rings. The maximum Gasteiger partial charge on any atom is 0.248 e. The zero-order chi connectivity index (χ0) is 30.7. The quantitative estimate of drug-likeness (QED) is 0.209. The zero-order valence-corrected chi connectivity index (χ0v) is 25.3. The number of aryl methyl sites for hydroxylation is 1. The first-order valence-electron chi connectivity index (χ1n) is 15.4. The number of rotatable bonds is 11. The minimum atomic E-state index is -0.703. The average molecular weight is 590 g/mol. The number of carbonyl (C=O) groups is 2. The van der Waals surface area contributed by atoms with Gasteiger partial charge in [0.25, 0.3) is 0 Å². The Kier molecular flexibility index (Phi) is 10.7. The van der Waals surface area contributed by atoms with E-state index in [0.29, 0.717) is 37.2 Å². The van der Waals surface area contributed by atoms with Gasteiger partial charge in [-0.05, 0) is 58.9 Å². The summed E-state index contributed by atoms with van der Waals surface area (Å²) in [6.07, 6.45) is 3.07. The molecule has 4 aromatic rings. The number of amides is 2. The van der Waals surface area contributed by atoms with Crippen LogP contribution >= 0.6 is 0 Å². The molecular weight excluding hydrogens is 549 g/mol. The lowest BCUT2D eigenvalue weighted by atomic mass is 9.88. The SMILES string of the molecule is CCc1ccc(CNC(=O)C(=Cc2ccc(F)cc2)[C@H](Cc2ccccc2)C(=O)N2CCN(Cc3ccccc3)CC2)cc1. The molecule has 1 atom stereocenters. The Morgan fingerprint density at radius 1 is 0.750 bits per heavy atom. The molecule has 0 aromatic heterocycles. The molecule has 0 unspecified atom stereocenters. The Morgan fingerprint density at radius 3 is 1.95 bits per heavy atom. The van der Waals surface area contributed by atoms with Gasteiger partial charge in [0.1, 0.15) is 5.82 Å². The molecule has 226 valence electrons. The monoisotopic (exact) mass is 589 g/mol. The second-order valence-corrected chi connectivity index (χ2v) is 11.3. The summed E-state index contributed by atoms with van der Waals surface area (Å²) in [5.74, 6) is -1.42. The highest BCUT2D eigenvalue weighted by Gasteiger charge is 2.33. The zero-order valence-electron chi connectivity index (χ0n) is 25.3. The molecular formula is C38H40FN3O2. The second kappa shape index (κ2) is 15.3. The lowest BCUT2D eigenvalue weighted by Crippen LogP contribution is -2.51. The molecule has 0 spiro atoms. The van der Waals surface area contributed by atoms with Crippen LogP contribution in [0.1, 0.15) is 34.7 Å². The minimum Gasteiger partial charge on any atom is -0.348 e. The van der Waals surface area contributed by atoms with Gasteiger partial charge in [0, 0.05) is 44.8 Å². The first-order valence-corrected chi connectivity index (χ1v) is 15.4. The van der Waals surface area contributed by atoms with E-state index in [-0.39, 0.29) is 17.6 Å². The normalized spacial score (nSPS) is 14.7. The van der Waals surface area contributed by atoms with Crippen molar-refractivity contribution in [3.05, 3.63) is 148 Å². The lowest BCUT2D eigenvalue weighted by Gasteiger charge is -2.37. The van der Waals surface area contributed by atoms with Crippen molar-refractivity contribution in [2.45, 2.75) is 32.9 Å². The third kappa shape index (κ3) is 8.51. The van der Waals surface area contributed by atoms with Gasteiger partial charge < -0.3 is 10.2 Å². The highest BCUT2D eigenvalue weighted by molar-refractivity contribution is 6.04. The summed E-state index contributed by atoms with van der Waals surface area (Å²) in [4.78, 5) is 32.5. The number of nitrogens with zero attached hydrogens (tertiary/aromatic N) is 2. The molecule has 0 radical (unpaired) electrons. The number of benzene rings is 4. The van der Waals surface area contributed by atoms with E-state index in [9.17, 15) is 14.0 Å². The van der Waals surface area contributed by atoms with E-state index >= 15 is 0 Å². The van der Waals surface area contributed by atoms with Gasteiger partial charge in [0.15, 0.2) is 0 Å². The summed E-state index contributed by atoms with van der Waals surface area (Å²) in [6.45, 7) is 5.99. The number of nitrogens with one attached hydrogen (secondary N) is 1. The number of piperazine rings is 1. The Labute approximate surface area is 260 Å². The highest BCUT2D eigenvalue weighted by Crippen LogP contribution is 2.25. The maximum absolute atomic E-state index is 14.3. The van der Waals surface area contributed by atoms with Crippen LogP contribution in [0.2, 0.25) is 0 Å². The second-order valence-electron chi connectivity index (χ2n) is 11.3. The van der Waals surface area contributed by atoms with Crippen molar-refractivity contribution in [3.63, 3.8) is 0 Å². The first kappa shape index (κ1) is 30.9. The van der Waals surface area contributed by atoms with E-state index in [1.165, 1.54) is 23.3 Å². The summed E-state index contributed by atoms with van der Waals surface area (Å²) in [6, 6.07) is 34.3. The van der Waals surface area contributed by atoms with Gasteiger partial charge in [-0.25, -0.2) is 4.39 Å². The predicted octanol–water partition coefficient (Wildman–Crippen LogP) is 6.29. The third-order valence-corrected chi connectivity index (χ3v) is 8.23. The highest BCUT2D eigenvalue weighted by atomic mass is 19.1. The van der Waals surface area contributed by atoms with E-state index < -0.39 is 5.92 Å². The van der Waals surface area contributed by atoms with Crippen molar-refractivity contribution in [2.24, 2.45) is 5.92 Å². The minimum absolute atomic E-state index is 0.0657. The largest absolute Gasteiger partial charge is 0.348 e. The number of carbonyl (C=O) groups excluding carboxylic acids is 2. The Balaban J connectivity index is 1.40. The summed E-state index contributed by atoms with van der Waals surface area (Å²) < 4.78 is 13.8. The molecule has 0 aliphatic carbocycles. The average Bonchev–Trinajstić information content (AvgIpc) is 3.07. The van der Waals surface area contributed by atoms with E-state index in [4.69, 9.17) is 0 Å². The van der Waals surface area contributed by atoms with Crippen LogP contribution in [0.15, 0.2) is 115 Å². The number of hydrogen-bond donors (Lipinski definition) is 1. The van der Waals surface area contributed by atoms with Gasteiger partial charge in [0.05, 0.1) is 5.92 Å². The van der Waals surface area contributed by atoms with Crippen molar-refractivity contribution in [2.75, 3.05) is 26.2 Å². The molecule has 4 aromatic carbocycles. The molecule has 44 heavy (non-hydrogen) atoms. The van der Waals surface area contributed by atoms with Crippen LogP contribution in [0.4, 0.5) is 4.39 Å². The van der Waals surface area contributed by atoms with Crippen molar-refractivity contribution < 1.29 is 14.0 Å². The topological polar surface area (TPSA) is 52.7 Å². The fourth-order valence-electron chi connectivity index (χ4n) is 5.61. The Bertz CT molecular complexity index is 1530. The molecule has 0 bridgehead atoms. The summed E-state index contributed by atoms with van der Waals surface area (Å²) in [7, 11) is 0. The van der Waals surface area contributed by atoms with Gasteiger partial charge in [-0.15, -0.1) is 0 Å². The molecule has 1 aliphatic heterocycles. The van der Waals surface area contributed by atoms with Crippen molar-refractivity contribution in [3.8, 4) is 0 Å². The van der Waals surface area contributed by atoms with Gasteiger partial charge in [-0.2, -0.15) is 0 Å². The van der Waals surface area contributed by atoms with Crippen LogP contribution in [0.3, 0.4) is 0 Å². The third-order valence-electron chi connectivity index (χ3n) is 8.23.